The number of benzene rings is 3. The first-order valence-corrected chi connectivity index (χ1v) is 12.5. The Hall–Kier alpha value is -3.18. The average Bonchev–Trinajstić information content (AvgIpc) is 2.75. The van der Waals surface area contributed by atoms with Gasteiger partial charge in [-0.3, -0.25) is 4.79 Å². The van der Waals surface area contributed by atoms with Gasteiger partial charge in [-0.15, -0.1) is 0 Å². The Bertz CT molecular complexity index is 1510. The molecule has 0 aliphatic rings. The van der Waals surface area contributed by atoms with Crippen LogP contribution in [-0.4, -0.2) is 24.9 Å². The zero-order chi connectivity index (χ0) is 28.1. The third-order valence-electron chi connectivity index (χ3n) is 5.63. The summed E-state index contributed by atoms with van der Waals surface area (Å²) in [4.78, 5) is 12.2. The summed E-state index contributed by atoms with van der Waals surface area (Å²) in [6.07, 6.45) is 0. The molecule has 0 radical (unpaired) electrons. The van der Waals surface area contributed by atoms with E-state index < -0.39 is 54.0 Å². The molecule has 0 saturated carbocycles. The number of hydrogen-bond acceptors (Lipinski definition) is 4. The molecule has 3 rings (SSSR count). The van der Waals surface area contributed by atoms with E-state index in [1.54, 1.807) is 26.8 Å². The number of hydrogen-bond donors (Lipinski definition) is 2. The third-order valence-corrected chi connectivity index (χ3v) is 7.43. The molecule has 0 aromatic heterocycles. The van der Waals surface area contributed by atoms with Crippen molar-refractivity contribution in [3.63, 3.8) is 0 Å². The first kappa shape index (κ1) is 28.4. The Morgan fingerprint density at radius 2 is 1.59 bits per heavy atom. The fraction of sp³-hybridized carbons (Fsp3) is 0.240. The summed E-state index contributed by atoms with van der Waals surface area (Å²) in [7, 11) is -5.67. The molecule has 37 heavy (non-hydrogen) atoms. The molecule has 0 heterocycles. The first-order valence-electron chi connectivity index (χ1n) is 10.6. The van der Waals surface area contributed by atoms with E-state index in [1.165, 1.54) is 13.0 Å². The predicted molar refractivity (Wildman–Crippen MR) is 130 cm³/mol. The van der Waals surface area contributed by atoms with Gasteiger partial charge in [0.15, 0.2) is 11.6 Å². The molecule has 3 aromatic rings. The smallest absolute Gasteiger partial charge is 0.501 e. The molecule has 0 bridgehead atoms. The second-order valence-electron chi connectivity index (χ2n) is 9.24. The normalized spacial score (nSPS) is 12.5. The van der Waals surface area contributed by atoms with Gasteiger partial charge >= 0.3 is 5.51 Å². The van der Waals surface area contributed by atoms with Crippen molar-refractivity contribution in [2.24, 2.45) is 0 Å². The van der Waals surface area contributed by atoms with Crippen LogP contribution in [-0.2, 0) is 15.3 Å². The summed E-state index contributed by atoms with van der Waals surface area (Å²) in [5, 5.41) is 12.9. The lowest BCUT2D eigenvalue weighted by Gasteiger charge is -2.25. The molecule has 198 valence electrons. The molecular weight excluding hydrogens is 541 g/mol. The van der Waals surface area contributed by atoms with E-state index >= 15 is 0 Å². The van der Waals surface area contributed by atoms with Crippen molar-refractivity contribution in [3.05, 3.63) is 75.8 Å². The summed E-state index contributed by atoms with van der Waals surface area (Å²) in [5.41, 5.74) is -5.65. The summed E-state index contributed by atoms with van der Waals surface area (Å²) >= 11 is 5.97. The molecule has 12 heteroatoms. The highest BCUT2D eigenvalue weighted by atomic mass is 35.5. The number of carbonyl (C=O) groups is 1. The van der Waals surface area contributed by atoms with Crippen LogP contribution in [0.1, 0.15) is 42.3 Å². The standard InChI is InChI=1S/C25H21ClF5NO4S/c1-12-15(13-5-7-18(27)19(28)9-13)11-16(24(2,3)4)22(33)21(12)23(34)32-20-8-6-14(10-17(20)26)37(35,36)25(29,30)31/h5-11,33H,1-4H3,(H,32,34). The van der Waals surface area contributed by atoms with Gasteiger partial charge in [-0.2, -0.15) is 13.2 Å². The Morgan fingerprint density at radius 1 is 0.973 bits per heavy atom. The van der Waals surface area contributed by atoms with Crippen molar-refractivity contribution >= 4 is 33.0 Å². The number of halogens is 6. The van der Waals surface area contributed by atoms with Gasteiger partial charge in [-0.1, -0.05) is 38.4 Å². The van der Waals surface area contributed by atoms with Gasteiger partial charge in [0.2, 0.25) is 0 Å². The maximum absolute atomic E-state index is 14.0. The van der Waals surface area contributed by atoms with Crippen LogP contribution in [0.25, 0.3) is 11.1 Å². The zero-order valence-corrected chi connectivity index (χ0v) is 21.5. The number of phenolic OH excluding ortho intramolecular Hbond substituents is 1. The molecule has 0 spiro atoms. The van der Waals surface area contributed by atoms with Crippen LogP contribution >= 0.6 is 11.6 Å². The topological polar surface area (TPSA) is 83.5 Å². The van der Waals surface area contributed by atoms with E-state index in [-0.39, 0.29) is 22.4 Å². The van der Waals surface area contributed by atoms with Gasteiger partial charge in [0.05, 0.1) is 21.2 Å². The number of phenols is 1. The highest BCUT2D eigenvalue weighted by molar-refractivity contribution is 7.92. The Kier molecular flexibility index (Phi) is 7.37. The SMILES string of the molecule is Cc1c(-c2ccc(F)c(F)c2)cc(C(C)(C)C)c(O)c1C(=O)Nc1ccc(S(=O)(=O)C(F)(F)F)cc1Cl. The van der Waals surface area contributed by atoms with E-state index in [4.69, 9.17) is 11.6 Å². The Balaban J connectivity index is 2.13. The minimum Gasteiger partial charge on any atom is -0.507 e. The summed E-state index contributed by atoms with van der Waals surface area (Å²) in [6.45, 7) is 6.73. The molecule has 1 amide bonds. The van der Waals surface area contributed by atoms with Crippen molar-refractivity contribution in [1.29, 1.82) is 0 Å². The van der Waals surface area contributed by atoms with Crippen LogP contribution in [0.2, 0.25) is 5.02 Å². The van der Waals surface area contributed by atoms with Gasteiger partial charge in [-0.25, -0.2) is 17.2 Å². The van der Waals surface area contributed by atoms with E-state index in [2.05, 4.69) is 5.32 Å². The number of sulfone groups is 1. The number of nitrogens with one attached hydrogen (secondary N) is 1. The second-order valence-corrected chi connectivity index (χ2v) is 11.6. The second kappa shape index (κ2) is 9.60. The zero-order valence-electron chi connectivity index (χ0n) is 19.9. The van der Waals surface area contributed by atoms with E-state index in [1.807, 2.05) is 0 Å². The lowest BCUT2D eigenvalue weighted by atomic mass is 9.81. The molecule has 0 saturated heterocycles. The van der Waals surface area contributed by atoms with Crippen molar-refractivity contribution < 1.29 is 40.3 Å². The third kappa shape index (κ3) is 5.42. The molecule has 0 unspecified atom stereocenters. The number of alkyl halides is 3. The number of anilines is 1. The highest BCUT2D eigenvalue weighted by Crippen LogP contribution is 2.41. The van der Waals surface area contributed by atoms with Crippen LogP contribution in [0.5, 0.6) is 5.75 Å². The maximum atomic E-state index is 14.0. The van der Waals surface area contributed by atoms with Crippen molar-refractivity contribution in [1.82, 2.24) is 0 Å². The summed E-state index contributed by atoms with van der Waals surface area (Å²) in [5.74, 6) is -3.51. The molecule has 0 fully saturated rings. The Labute approximate surface area is 214 Å². The highest BCUT2D eigenvalue weighted by Gasteiger charge is 2.47. The number of carbonyl (C=O) groups excluding carboxylic acids is 1. The lowest BCUT2D eigenvalue weighted by Crippen LogP contribution is -2.23. The van der Waals surface area contributed by atoms with Gasteiger partial charge in [-0.05, 0) is 65.4 Å². The average molecular weight is 562 g/mol. The lowest BCUT2D eigenvalue weighted by molar-refractivity contribution is -0.0436. The van der Waals surface area contributed by atoms with Crippen LogP contribution in [0.15, 0.2) is 47.4 Å². The van der Waals surface area contributed by atoms with Crippen molar-refractivity contribution in [2.75, 3.05) is 5.32 Å². The Morgan fingerprint density at radius 3 is 2.11 bits per heavy atom. The number of rotatable bonds is 4. The number of amides is 1. The largest absolute Gasteiger partial charge is 0.507 e. The minimum atomic E-state index is -5.67. The fourth-order valence-electron chi connectivity index (χ4n) is 3.66. The predicted octanol–water partition coefficient (Wildman–Crippen LogP) is 7.14. The fourth-order valence-corrected chi connectivity index (χ4v) is 4.74. The van der Waals surface area contributed by atoms with Gasteiger partial charge in [0.1, 0.15) is 5.75 Å². The molecule has 3 aromatic carbocycles. The van der Waals surface area contributed by atoms with E-state index in [9.17, 15) is 40.3 Å². The van der Waals surface area contributed by atoms with Crippen LogP contribution in [0.3, 0.4) is 0 Å². The van der Waals surface area contributed by atoms with E-state index in [0.717, 1.165) is 18.2 Å². The van der Waals surface area contributed by atoms with Crippen LogP contribution in [0.4, 0.5) is 27.6 Å². The van der Waals surface area contributed by atoms with Gasteiger partial charge in [0, 0.05) is 5.56 Å². The summed E-state index contributed by atoms with van der Waals surface area (Å²) in [6, 6.07) is 6.79. The van der Waals surface area contributed by atoms with Crippen molar-refractivity contribution in [3.8, 4) is 16.9 Å². The maximum Gasteiger partial charge on any atom is 0.501 e. The molecule has 0 aliphatic heterocycles. The summed E-state index contributed by atoms with van der Waals surface area (Å²) < 4.78 is 89.3. The minimum absolute atomic E-state index is 0.196. The molecule has 2 N–H and O–H groups in total. The van der Waals surface area contributed by atoms with Gasteiger partial charge < -0.3 is 10.4 Å². The van der Waals surface area contributed by atoms with Crippen LogP contribution in [0, 0.1) is 18.6 Å². The quantitative estimate of drug-likeness (QED) is 0.332. The monoisotopic (exact) mass is 561 g/mol. The molecule has 0 aliphatic carbocycles. The van der Waals surface area contributed by atoms with Crippen LogP contribution < -0.4 is 5.32 Å². The van der Waals surface area contributed by atoms with Crippen molar-refractivity contribution in [2.45, 2.75) is 43.5 Å². The number of aromatic hydroxyl groups is 1. The van der Waals surface area contributed by atoms with Gasteiger partial charge in [0.25, 0.3) is 15.7 Å². The molecular formula is C25H21ClF5NO4S. The molecule has 5 nitrogen and oxygen atoms in total. The van der Waals surface area contributed by atoms with E-state index in [0.29, 0.717) is 23.3 Å². The first-order chi connectivity index (χ1) is 16.9. The molecule has 0 atom stereocenters.